The number of rotatable bonds is 8. The summed E-state index contributed by atoms with van der Waals surface area (Å²) in [5.41, 5.74) is 3.90. The van der Waals surface area contributed by atoms with Crippen LogP contribution in [-0.4, -0.2) is 37.4 Å². The van der Waals surface area contributed by atoms with Crippen molar-refractivity contribution >= 4 is 28.6 Å². The number of amides is 1. The minimum absolute atomic E-state index is 0.0856. The van der Waals surface area contributed by atoms with E-state index in [0.717, 1.165) is 34.0 Å². The summed E-state index contributed by atoms with van der Waals surface area (Å²) >= 11 is 1.73. The molecule has 0 unspecified atom stereocenters. The molecule has 158 valence electrons. The number of nitrogens with one attached hydrogen (secondary N) is 2. The molecule has 0 spiro atoms. The van der Waals surface area contributed by atoms with Gasteiger partial charge in [-0.05, 0) is 60.2 Å². The first-order chi connectivity index (χ1) is 15.2. The number of carbonyl (C=O) groups excluding carboxylic acids is 1. The number of para-hydroxylation sites is 1. The molecule has 0 atom stereocenters. The molecular formula is C25H24N2O3S. The second-order valence-corrected chi connectivity index (χ2v) is 8.04. The zero-order chi connectivity index (χ0) is 21.6. The fourth-order valence-electron chi connectivity index (χ4n) is 3.39. The molecule has 0 aliphatic heterocycles. The Morgan fingerprint density at radius 1 is 0.903 bits per heavy atom. The number of ether oxygens (including phenoxy) is 2. The van der Waals surface area contributed by atoms with Crippen LogP contribution in [0.1, 0.15) is 10.4 Å². The van der Waals surface area contributed by atoms with Gasteiger partial charge in [0.1, 0.15) is 11.5 Å². The van der Waals surface area contributed by atoms with Gasteiger partial charge in [0.05, 0.1) is 19.9 Å². The lowest BCUT2D eigenvalue weighted by Gasteiger charge is -2.08. The van der Waals surface area contributed by atoms with E-state index >= 15 is 0 Å². The van der Waals surface area contributed by atoms with Crippen LogP contribution < -0.4 is 14.8 Å². The van der Waals surface area contributed by atoms with E-state index < -0.39 is 0 Å². The van der Waals surface area contributed by atoms with Gasteiger partial charge in [-0.2, -0.15) is 0 Å². The summed E-state index contributed by atoms with van der Waals surface area (Å²) in [6.07, 6.45) is 0. The molecule has 0 bridgehead atoms. The number of thioether (sulfide) groups is 1. The largest absolute Gasteiger partial charge is 0.497 e. The normalized spacial score (nSPS) is 10.8. The topological polar surface area (TPSA) is 63.4 Å². The van der Waals surface area contributed by atoms with E-state index in [4.69, 9.17) is 9.47 Å². The summed E-state index contributed by atoms with van der Waals surface area (Å²) in [6, 6.07) is 23.4. The Morgan fingerprint density at radius 2 is 1.55 bits per heavy atom. The Balaban J connectivity index is 1.46. The Morgan fingerprint density at radius 3 is 2.23 bits per heavy atom. The van der Waals surface area contributed by atoms with Gasteiger partial charge in [0.25, 0.3) is 5.91 Å². The second-order valence-electron chi connectivity index (χ2n) is 6.94. The van der Waals surface area contributed by atoms with Gasteiger partial charge in [0.2, 0.25) is 0 Å². The summed E-state index contributed by atoms with van der Waals surface area (Å²) in [5, 5.41) is 4.17. The van der Waals surface area contributed by atoms with Gasteiger partial charge < -0.3 is 19.8 Å². The number of fused-ring (bicyclic) bond motifs is 1. The number of carbonyl (C=O) groups is 1. The number of benzene rings is 3. The van der Waals surface area contributed by atoms with Gasteiger partial charge in [0.15, 0.2) is 0 Å². The minimum Gasteiger partial charge on any atom is -0.497 e. The van der Waals surface area contributed by atoms with Crippen LogP contribution >= 0.6 is 11.8 Å². The Hall–Kier alpha value is -3.38. The Bertz CT molecular complexity index is 1170. The van der Waals surface area contributed by atoms with Crippen LogP contribution in [0.25, 0.3) is 22.2 Å². The van der Waals surface area contributed by atoms with Gasteiger partial charge in [-0.25, -0.2) is 0 Å². The SMILES string of the molecule is COc1ccc(C(=O)NCCSc2c(-c3ccc(OC)cc3)[nH]c3ccccc23)cc1. The van der Waals surface area contributed by atoms with E-state index in [0.29, 0.717) is 12.1 Å². The van der Waals surface area contributed by atoms with Crippen molar-refractivity contribution in [2.75, 3.05) is 26.5 Å². The summed E-state index contributed by atoms with van der Waals surface area (Å²) in [7, 11) is 3.27. The molecule has 1 heterocycles. The first-order valence-corrected chi connectivity index (χ1v) is 11.0. The highest BCUT2D eigenvalue weighted by atomic mass is 32.2. The van der Waals surface area contributed by atoms with Crippen molar-refractivity contribution in [2.24, 2.45) is 0 Å². The summed E-state index contributed by atoms with van der Waals surface area (Å²) in [6.45, 7) is 0.567. The molecule has 0 saturated carbocycles. The van der Waals surface area contributed by atoms with Crippen molar-refractivity contribution in [3.05, 3.63) is 78.4 Å². The molecule has 6 heteroatoms. The minimum atomic E-state index is -0.0856. The molecule has 4 aromatic rings. The van der Waals surface area contributed by atoms with Crippen molar-refractivity contribution in [1.82, 2.24) is 10.3 Å². The van der Waals surface area contributed by atoms with E-state index in [1.807, 2.05) is 24.3 Å². The lowest BCUT2D eigenvalue weighted by atomic mass is 10.1. The average Bonchev–Trinajstić information content (AvgIpc) is 3.20. The lowest BCUT2D eigenvalue weighted by Crippen LogP contribution is -2.25. The maximum absolute atomic E-state index is 12.4. The zero-order valence-corrected chi connectivity index (χ0v) is 18.3. The predicted octanol–water partition coefficient (Wildman–Crippen LogP) is 5.37. The highest BCUT2D eigenvalue weighted by Crippen LogP contribution is 2.38. The van der Waals surface area contributed by atoms with Crippen LogP contribution in [0.15, 0.2) is 77.7 Å². The molecule has 0 aliphatic carbocycles. The summed E-state index contributed by atoms with van der Waals surface area (Å²) in [4.78, 5) is 17.1. The molecule has 1 amide bonds. The first-order valence-electron chi connectivity index (χ1n) is 10.00. The van der Waals surface area contributed by atoms with Crippen LogP contribution in [0.2, 0.25) is 0 Å². The van der Waals surface area contributed by atoms with E-state index in [1.165, 1.54) is 10.3 Å². The molecule has 0 radical (unpaired) electrons. The van der Waals surface area contributed by atoms with E-state index in [1.54, 1.807) is 50.2 Å². The quantitative estimate of drug-likeness (QED) is 0.290. The Labute approximate surface area is 185 Å². The molecule has 3 aromatic carbocycles. The number of methoxy groups -OCH3 is 2. The number of hydrogen-bond acceptors (Lipinski definition) is 4. The van der Waals surface area contributed by atoms with Crippen LogP contribution in [-0.2, 0) is 0 Å². The molecule has 5 nitrogen and oxygen atoms in total. The molecule has 0 aliphatic rings. The average molecular weight is 433 g/mol. The van der Waals surface area contributed by atoms with Crippen molar-refractivity contribution in [3.8, 4) is 22.8 Å². The fourth-order valence-corrected chi connectivity index (χ4v) is 4.44. The highest BCUT2D eigenvalue weighted by molar-refractivity contribution is 7.99. The number of aromatic nitrogens is 1. The monoisotopic (exact) mass is 432 g/mol. The third kappa shape index (κ3) is 4.70. The number of aromatic amines is 1. The standard InChI is InChI=1S/C25H24N2O3S/c1-29-19-11-7-17(8-12-19)23-24(21-5-3-4-6-22(21)27-23)31-16-15-26-25(28)18-9-13-20(30-2)14-10-18/h3-14,27H,15-16H2,1-2H3,(H,26,28). The molecule has 31 heavy (non-hydrogen) atoms. The molecule has 4 rings (SSSR count). The zero-order valence-electron chi connectivity index (χ0n) is 17.5. The van der Waals surface area contributed by atoms with Gasteiger partial charge in [-0.15, -0.1) is 11.8 Å². The van der Waals surface area contributed by atoms with Crippen molar-refractivity contribution in [3.63, 3.8) is 0 Å². The van der Waals surface area contributed by atoms with Gasteiger partial charge in [-0.3, -0.25) is 4.79 Å². The van der Waals surface area contributed by atoms with Gasteiger partial charge in [-0.1, -0.05) is 18.2 Å². The van der Waals surface area contributed by atoms with Crippen molar-refractivity contribution in [2.45, 2.75) is 4.90 Å². The van der Waals surface area contributed by atoms with E-state index in [-0.39, 0.29) is 5.91 Å². The third-order valence-electron chi connectivity index (χ3n) is 5.02. The molecule has 2 N–H and O–H groups in total. The summed E-state index contributed by atoms with van der Waals surface area (Å²) < 4.78 is 10.4. The van der Waals surface area contributed by atoms with Gasteiger partial charge in [0, 0.05) is 33.7 Å². The van der Waals surface area contributed by atoms with Crippen molar-refractivity contribution in [1.29, 1.82) is 0 Å². The molecule has 1 aromatic heterocycles. The third-order valence-corrected chi connectivity index (χ3v) is 6.14. The summed E-state index contributed by atoms with van der Waals surface area (Å²) in [5.74, 6) is 2.23. The van der Waals surface area contributed by atoms with E-state index in [2.05, 4.69) is 34.6 Å². The van der Waals surface area contributed by atoms with Gasteiger partial charge >= 0.3 is 0 Å². The lowest BCUT2D eigenvalue weighted by molar-refractivity contribution is 0.0956. The Kier molecular flexibility index (Phi) is 6.48. The number of hydrogen-bond donors (Lipinski definition) is 2. The van der Waals surface area contributed by atoms with Crippen LogP contribution in [0.5, 0.6) is 11.5 Å². The van der Waals surface area contributed by atoms with Crippen LogP contribution in [0, 0.1) is 0 Å². The smallest absolute Gasteiger partial charge is 0.251 e. The highest BCUT2D eigenvalue weighted by Gasteiger charge is 2.14. The van der Waals surface area contributed by atoms with E-state index in [9.17, 15) is 4.79 Å². The van der Waals surface area contributed by atoms with Crippen molar-refractivity contribution < 1.29 is 14.3 Å². The fraction of sp³-hybridized carbons (Fsp3) is 0.160. The maximum Gasteiger partial charge on any atom is 0.251 e. The predicted molar refractivity (Wildman–Crippen MR) is 126 cm³/mol. The van der Waals surface area contributed by atoms with Crippen LogP contribution in [0.3, 0.4) is 0 Å². The maximum atomic E-state index is 12.4. The molecule has 0 fully saturated rings. The second kappa shape index (κ2) is 9.62. The first kappa shape index (κ1) is 20.9. The molecule has 0 saturated heterocycles. The molecular weight excluding hydrogens is 408 g/mol. The number of H-pyrrole nitrogens is 1. The van der Waals surface area contributed by atoms with Crippen LogP contribution in [0.4, 0.5) is 0 Å².